The van der Waals surface area contributed by atoms with Gasteiger partial charge in [0.25, 0.3) is 5.91 Å². The second kappa shape index (κ2) is 6.31. The zero-order valence-electron chi connectivity index (χ0n) is 11.8. The van der Waals surface area contributed by atoms with Crippen molar-refractivity contribution in [3.63, 3.8) is 0 Å². The first-order chi connectivity index (χ1) is 10.7. The van der Waals surface area contributed by atoms with Crippen molar-refractivity contribution in [1.29, 1.82) is 0 Å². The molecule has 0 fully saturated rings. The smallest absolute Gasteiger partial charge is 0.259 e. The van der Waals surface area contributed by atoms with Gasteiger partial charge in [0.15, 0.2) is 0 Å². The Morgan fingerprint density at radius 1 is 1.13 bits per heavy atom. The number of amides is 1. The van der Waals surface area contributed by atoms with Crippen molar-refractivity contribution in [2.75, 3.05) is 12.4 Å². The fraction of sp³-hybridized carbons (Fsp3) is 0.0714. The van der Waals surface area contributed by atoms with Crippen LogP contribution in [-0.4, -0.2) is 21.4 Å². The van der Waals surface area contributed by atoms with Crippen molar-refractivity contribution in [3.05, 3.63) is 53.6 Å². The fourth-order valence-corrected chi connectivity index (χ4v) is 2.41. The second-order valence-electron chi connectivity index (χ2n) is 4.52. The molecular formula is C14H12F2N2O4S. The summed E-state index contributed by atoms with van der Waals surface area (Å²) < 4.78 is 54.0. The van der Waals surface area contributed by atoms with Crippen molar-refractivity contribution in [3.8, 4) is 5.75 Å². The van der Waals surface area contributed by atoms with E-state index in [0.29, 0.717) is 6.07 Å². The van der Waals surface area contributed by atoms with E-state index in [4.69, 9.17) is 9.88 Å². The number of sulfonamides is 1. The van der Waals surface area contributed by atoms with E-state index in [1.54, 1.807) is 0 Å². The van der Waals surface area contributed by atoms with E-state index in [0.717, 1.165) is 18.2 Å². The fourth-order valence-electron chi connectivity index (χ4n) is 1.87. The first kappa shape index (κ1) is 16.8. The first-order valence-corrected chi connectivity index (χ1v) is 7.73. The van der Waals surface area contributed by atoms with Crippen LogP contribution >= 0.6 is 0 Å². The molecule has 6 nitrogen and oxygen atoms in total. The summed E-state index contributed by atoms with van der Waals surface area (Å²) in [5.41, 5.74) is -0.278. The average Bonchev–Trinajstić information content (AvgIpc) is 2.44. The molecule has 122 valence electrons. The maximum absolute atomic E-state index is 13.1. The molecule has 0 saturated carbocycles. The van der Waals surface area contributed by atoms with Gasteiger partial charge in [-0.1, -0.05) is 0 Å². The Bertz CT molecular complexity index is 849. The lowest BCUT2D eigenvalue weighted by Crippen LogP contribution is -2.17. The number of hydrogen-bond acceptors (Lipinski definition) is 4. The Morgan fingerprint density at radius 3 is 2.26 bits per heavy atom. The molecule has 0 bridgehead atoms. The summed E-state index contributed by atoms with van der Waals surface area (Å²) in [6.45, 7) is 0. The molecule has 0 atom stereocenters. The van der Waals surface area contributed by atoms with Crippen LogP contribution in [-0.2, 0) is 10.0 Å². The van der Waals surface area contributed by atoms with Crippen molar-refractivity contribution in [2.45, 2.75) is 4.90 Å². The summed E-state index contributed by atoms with van der Waals surface area (Å²) in [5, 5.41) is 7.27. The number of nitrogens with two attached hydrogens (primary N) is 1. The van der Waals surface area contributed by atoms with Crippen LogP contribution in [0.25, 0.3) is 0 Å². The number of methoxy groups -OCH3 is 1. The average molecular weight is 342 g/mol. The minimum absolute atomic E-state index is 0.0757. The molecule has 0 radical (unpaired) electrons. The Kier molecular flexibility index (Phi) is 4.62. The van der Waals surface area contributed by atoms with Gasteiger partial charge >= 0.3 is 0 Å². The number of halogens is 2. The maximum Gasteiger partial charge on any atom is 0.259 e. The van der Waals surface area contributed by atoms with Crippen LogP contribution < -0.4 is 15.2 Å². The van der Waals surface area contributed by atoms with E-state index in [1.165, 1.54) is 19.2 Å². The molecule has 0 saturated heterocycles. The molecule has 0 unspecified atom stereocenters. The van der Waals surface area contributed by atoms with Gasteiger partial charge in [-0.25, -0.2) is 22.3 Å². The van der Waals surface area contributed by atoms with Crippen LogP contribution in [0, 0.1) is 11.6 Å². The molecule has 2 aromatic rings. The number of ether oxygens (including phenoxy) is 1. The largest absolute Gasteiger partial charge is 0.496 e. The van der Waals surface area contributed by atoms with E-state index in [1.807, 2.05) is 0 Å². The van der Waals surface area contributed by atoms with Gasteiger partial charge in [-0.2, -0.15) is 0 Å². The van der Waals surface area contributed by atoms with Gasteiger partial charge in [-0.05, 0) is 30.3 Å². The van der Waals surface area contributed by atoms with Gasteiger partial charge in [0.05, 0.1) is 17.6 Å². The van der Waals surface area contributed by atoms with E-state index in [-0.39, 0.29) is 21.9 Å². The number of carbonyl (C=O) groups excluding carboxylic acids is 1. The highest BCUT2D eigenvalue weighted by molar-refractivity contribution is 7.89. The lowest BCUT2D eigenvalue weighted by molar-refractivity contribution is 0.102. The third kappa shape index (κ3) is 4.02. The second-order valence-corrected chi connectivity index (χ2v) is 6.08. The van der Waals surface area contributed by atoms with E-state index in [2.05, 4.69) is 5.32 Å². The number of rotatable bonds is 4. The molecule has 0 aliphatic rings. The van der Waals surface area contributed by atoms with Crippen LogP contribution in [0.5, 0.6) is 5.75 Å². The molecule has 2 aromatic carbocycles. The Morgan fingerprint density at radius 2 is 1.74 bits per heavy atom. The molecule has 2 rings (SSSR count). The number of hydrogen-bond donors (Lipinski definition) is 2. The highest BCUT2D eigenvalue weighted by Crippen LogP contribution is 2.23. The molecule has 23 heavy (non-hydrogen) atoms. The van der Waals surface area contributed by atoms with Crippen LogP contribution in [0.4, 0.5) is 14.5 Å². The van der Waals surface area contributed by atoms with E-state index >= 15 is 0 Å². The van der Waals surface area contributed by atoms with Crippen LogP contribution in [0.2, 0.25) is 0 Å². The summed E-state index contributed by atoms with van der Waals surface area (Å²) in [4.78, 5) is 11.9. The van der Waals surface area contributed by atoms with Gasteiger partial charge in [-0.15, -0.1) is 0 Å². The molecule has 0 aromatic heterocycles. The summed E-state index contributed by atoms with van der Waals surface area (Å²) in [6, 6.07) is 5.92. The van der Waals surface area contributed by atoms with Crippen molar-refractivity contribution < 1.29 is 26.7 Å². The number of primary sulfonamides is 1. The summed E-state index contributed by atoms with van der Waals surface area (Å²) >= 11 is 0. The summed E-state index contributed by atoms with van der Waals surface area (Å²) in [5.74, 6) is -2.47. The zero-order valence-corrected chi connectivity index (χ0v) is 12.7. The normalized spacial score (nSPS) is 11.1. The molecule has 0 heterocycles. The molecular weight excluding hydrogens is 330 g/mol. The lowest BCUT2D eigenvalue weighted by atomic mass is 10.1. The Hall–Kier alpha value is -2.52. The number of nitrogens with one attached hydrogen (secondary N) is 1. The van der Waals surface area contributed by atoms with Gasteiger partial charge < -0.3 is 10.1 Å². The molecule has 1 amide bonds. The lowest BCUT2D eigenvalue weighted by Gasteiger charge is -2.11. The zero-order chi connectivity index (χ0) is 17.2. The standard InChI is InChI=1S/C14H12F2N2O4S/c1-22-13-3-2-11(23(17,20)21)7-12(13)14(19)18-10-5-8(15)4-9(16)6-10/h2-7H,1H3,(H,18,19)(H2,17,20,21). The van der Waals surface area contributed by atoms with Crippen molar-refractivity contribution in [1.82, 2.24) is 0 Å². The quantitative estimate of drug-likeness (QED) is 0.886. The van der Waals surface area contributed by atoms with Gasteiger partial charge in [0, 0.05) is 11.8 Å². The van der Waals surface area contributed by atoms with Crippen LogP contribution in [0.3, 0.4) is 0 Å². The summed E-state index contributed by atoms with van der Waals surface area (Å²) in [7, 11) is -2.74. The van der Waals surface area contributed by atoms with Crippen LogP contribution in [0.15, 0.2) is 41.3 Å². The van der Waals surface area contributed by atoms with E-state index in [9.17, 15) is 22.0 Å². The van der Waals surface area contributed by atoms with Crippen LogP contribution in [0.1, 0.15) is 10.4 Å². The van der Waals surface area contributed by atoms with Gasteiger partial charge in [0.2, 0.25) is 10.0 Å². The van der Waals surface area contributed by atoms with Crippen molar-refractivity contribution >= 4 is 21.6 Å². The molecule has 0 spiro atoms. The van der Waals surface area contributed by atoms with Crippen molar-refractivity contribution in [2.24, 2.45) is 5.14 Å². The molecule has 0 aliphatic heterocycles. The van der Waals surface area contributed by atoms with E-state index < -0.39 is 27.6 Å². The minimum Gasteiger partial charge on any atom is -0.496 e. The Balaban J connectivity index is 2.41. The number of anilines is 1. The SMILES string of the molecule is COc1ccc(S(N)(=O)=O)cc1C(=O)Nc1cc(F)cc(F)c1. The first-order valence-electron chi connectivity index (χ1n) is 6.19. The highest BCUT2D eigenvalue weighted by atomic mass is 32.2. The molecule has 9 heteroatoms. The summed E-state index contributed by atoms with van der Waals surface area (Å²) in [6.07, 6.45) is 0. The highest BCUT2D eigenvalue weighted by Gasteiger charge is 2.18. The molecule has 3 N–H and O–H groups in total. The maximum atomic E-state index is 13.1. The third-order valence-corrected chi connectivity index (χ3v) is 3.78. The topological polar surface area (TPSA) is 98.5 Å². The monoisotopic (exact) mass is 342 g/mol. The third-order valence-electron chi connectivity index (χ3n) is 2.86. The predicted molar refractivity (Wildman–Crippen MR) is 78.7 cm³/mol. The molecule has 0 aliphatic carbocycles. The Labute approximate surface area is 130 Å². The number of carbonyl (C=O) groups is 1. The number of benzene rings is 2. The van der Waals surface area contributed by atoms with Gasteiger partial charge in [0.1, 0.15) is 17.4 Å². The van der Waals surface area contributed by atoms with Gasteiger partial charge in [-0.3, -0.25) is 4.79 Å². The minimum atomic E-state index is -4.03. The predicted octanol–water partition coefficient (Wildman–Crippen LogP) is 1.87.